The lowest BCUT2D eigenvalue weighted by Crippen LogP contribution is -2.41. The van der Waals surface area contributed by atoms with Crippen molar-refractivity contribution in [2.45, 2.75) is 64.6 Å². The van der Waals surface area contributed by atoms with Gasteiger partial charge < -0.3 is 20.1 Å². The minimum atomic E-state index is 0.254. The molecule has 5 rings (SSSR count). The average Bonchev–Trinajstić information content (AvgIpc) is 3.51. The molecule has 2 atom stereocenters. The van der Waals surface area contributed by atoms with Gasteiger partial charge in [-0.15, -0.1) is 0 Å². The van der Waals surface area contributed by atoms with Crippen molar-refractivity contribution >= 4 is 5.91 Å². The summed E-state index contributed by atoms with van der Waals surface area (Å²) in [7, 11) is 0. The van der Waals surface area contributed by atoms with Gasteiger partial charge in [-0.25, -0.2) is 4.98 Å². The number of amides is 1. The molecule has 2 aliphatic heterocycles. The van der Waals surface area contributed by atoms with Gasteiger partial charge in [0.15, 0.2) is 0 Å². The molecular formula is C21H33N5O. The summed E-state index contributed by atoms with van der Waals surface area (Å²) in [6.07, 6.45) is 11.0. The predicted molar refractivity (Wildman–Crippen MR) is 104 cm³/mol. The molecule has 0 bridgehead atoms. The number of rotatable bonds is 5. The molecule has 4 fully saturated rings. The number of aromatic nitrogens is 2. The van der Waals surface area contributed by atoms with Crippen LogP contribution in [0.25, 0.3) is 0 Å². The normalized spacial score (nSPS) is 30.4. The summed E-state index contributed by atoms with van der Waals surface area (Å²) in [6, 6.07) is 0.425. The molecule has 2 unspecified atom stereocenters. The van der Waals surface area contributed by atoms with E-state index in [9.17, 15) is 4.79 Å². The highest BCUT2D eigenvalue weighted by Gasteiger charge is 2.63. The van der Waals surface area contributed by atoms with Crippen molar-refractivity contribution in [1.82, 2.24) is 25.1 Å². The first-order valence-electron chi connectivity index (χ1n) is 10.9. The second-order valence-electron chi connectivity index (χ2n) is 9.30. The lowest BCUT2D eigenvalue weighted by atomic mass is 9.91. The summed E-state index contributed by atoms with van der Waals surface area (Å²) in [5, 5.41) is 6.94. The molecule has 2 aliphatic carbocycles. The summed E-state index contributed by atoms with van der Waals surface area (Å²) in [5.74, 6) is 1.72. The van der Waals surface area contributed by atoms with Crippen LogP contribution in [0.15, 0.2) is 12.4 Å². The van der Waals surface area contributed by atoms with Gasteiger partial charge in [-0.2, -0.15) is 0 Å². The van der Waals surface area contributed by atoms with Gasteiger partial charge in [0.25, 0.3) is 0 Å². The Morgan fingerprint density at radius 1 is 1.15 bits per heavy atom. The summed E-state index contributed by atoms with van der Waals surface area (Å²) in [6.45, 7) is 8.09. The molecule has 0 aromatic carbocycles. The van der Waals surface area contributed by atoms with Crippen LogP contribution in [0.3, 0.4) is 0 Å². The first kappa shape index (κ1) is 17.7. The Labute approximate surface area is 162 Å². The standard InChI is InChI=1S/C21H33N5O/c1-2-25-12-11-24-18(25)15-26(17-14-21(17)5-9-23-10-6-21)19(27)16-13-20(16)3-7-22-8-4-20/h11-12,16-17,22-23H,2-10,13-15H2,1H3. The molecule has 0 radical (unpaired) electrons. The SMILES string of the molecule is CCn1ccnc1CN(C(=O)C1CC12CCNCC2)C1CC12CCNCC2. The highest BCUT2D eigenvalue weighted by Crippen LogP contribution is 2.62. The molecule has 1 amide bonds. The Bertz CT molecular complexity index is 701. The van der Waals surface area contributed by atoms with E-state index in [1.165, 1.54) is 32.1 Å². The number of nitrogens with one attached hydrogen (secondary N) is 2. The van der Waals surface area contributed by atoms with E-state index in [2.05, 4.69) is 32.0 Å². The van der Waals surface area contributed by atoms with Crippen LogP contribution in [0.1, 0.15) is 51.3 Å². The van der Waals surface area contributed by atoms with E-state index < -0.39 is 0 Å². The molecule has 6 heteroatoms. The molecule has 1 aromatic heterocycles. The maximum atomic E-state index is 13.7. The summed E-state index contributed by atoms with van der Waals surface area (Å²) in [4.78, 5) is 20.5. The third-order valence-corrected chi connectivity index (χ3v) is 7.95. The molecule has 3 heterocycles. The molecule has 2 saturated carbocycles. The van der Waals surface area contributed by atoms with E-state index in [4.69, 9.17) is 0 Å². The summed E-state index contributed by atoms with van der Waals surface area (Å²) < 4.78 is 2.19. The number of nitrogens with zero attached hydrogens (tertiary/aromatic N) is 3. The first-order chi connectivity index (χ1) is 13.2. The second-order valence-corrected chi connectivity index (χ2v) is 9.30. The van der Waals surface area contributed by atoms with Crippen molar-refractivity contribution in [3.63, 3.8) is 0 Å². The van der Waals surface area contributed by atoms with Gasteiger partial charge in [0.05, 0.1) is 6.54 Å². The number of aryl methyl sites for hydroxylation is 1. The van der Waals surface area contributed by atoms with Gasteiger partial charge in [0.2, 0.25) is 5.91 Å². The topological polar surface area (TPSA) is 62.2 Å². The average molecular weight is 372 g/mol. The van der Waals surface area contributed by atoms with Gasteiger partial charge in [0.1, 0.15) is 5.82 Å². The summed E-state index contributed by atoms with van der Waals surface area (Å²) in [5.41, 5.74) is 0.678. The van der Waals surface area contributed by atoms with E-state index in [0.717, 1.165) is 45.0 Å². The van der Waals surface area contributed by atoms with Crippen molar-refractivity contribution in [3.8, 4) is 0 Å². The Morgan fingerprint density at radius 2 is 1.81 bits per heavy atom. The summed E-state index contributed by atoms with van der Waals surface area (Å²) >= 11 is 0. The Hall–Kier alpha value is -1.40. The van der Waals surface area contributed by atoms with Crippen LogP contribution in [-0.4, -0.2) is 52.6 Å². The first-order valence-corrected chi connectivity index (χ1v) is 10.9. The minimum Gasteiger partial charge on any atom is -0.334 e. The predicted octanol–water partition coefficient (Wildman–Crippen LogP) is 1.76. The van der Waals surface area contributed by atoms with Crippen molar-refractivity contribution in [2.24, 2.45) is 16.7 Å². The third-order valence-electron chi connectivity index (χ3n) is 7.95. The molecule has 2 N–H and O–H groups in total. The van der Waals surface area contributed by atoms with Crippen LogP contribution in [0, 0.1) is 16.7 Å². The van der Waals surface area contributed by atoms with E-state index in [0.29, 0.717) is 29.3 Å². The fourth-order valence-electron chi connectivity index (χ4n) is 5.88. The Morgan fingerprint density at radius 3 is 2.48 bits per heavy atom. The maximum Gasteiger partial charge on any atom is 0.226 e. The molecule has 2 saturated heterocycles. The van der Waals surface area contributed by atoms with Crippen LogP contribution in [0.5, 0.6) is 0 Å². The van der Waals surface area contributed by atoms with Crippen LogP contribution < -0.4 is 10.6 Å². The highest BCUT2D eigenvalue weighted by molar-refractivity contribution is 5.83. The van der Waals surface area contributed by atoms with Gasteiger partial charge in [-0.3, -0.25) is 4.79 Å². The fourth-order valence-corrected chi connectivity index (χ4v) is 5.88. The largest absolute Gasteiger partial charge is 0.334 e. The minimum absolute atomic E-state index is 0.254. The van der Waals surface area contributed by atoms with Crippen molar-refractivity contribution in [3.05, 3.63) is 18.2 Å². The molecule has 1 aromatic rings. The highest BCUT2D eigenvalue weighted by atomic mass is 16.2. The monoisotopic (exact) mass is 371 g/mol. The van der Waals surface area contributed by atoms with Crippen LogP contribution >= 0.6 is 0 Å². The lowest BCUT2D eigenvalue weighted by Gasteiger charge is -2.31. The van der Waals surface area contributed by atoms with E-state index in [-0.39, 0.29) is 5.92 Å². The number of carbonyl (C=O) groups excluding carboxylic acids is 1. The lowest BCUT2D eigenvalue weighted by molar-refractivity contribution is -0.135. The molecular weight excluding hydrogens is 338 g/mol. The molecule has 4 aliphatic rings. The van der Waals surface area contributed by atoms with E-state index in [1.54, 1.807) is 0 Å². The van der Waals surface area contributed by atoms with Crippen LogP contribution in [0.4, 0.5) is 0 Å². The second kappa shape index (κ2) is 6.59. The van der Waals surface area contributed by atoms with Crippen molar-refractivity contribution in [2.75, 3.05) is 26.2 Å². The fraction of sp³-hybridized carbons (Fsp3) is 0.810. The quantitative estimate of drug-likeness (QED) is 0.828. The van der Waals surface area contributed by atoms with Gasteiger partial charge in [-0.1, -0.05) is 0 Å². The van der Waals surface area contributed by atoms with Crippen molar-refractivity contribution in [1.29, 1.82) is 0 Å². The van der Waals surface area contributed by atoms with Crippen LogP contribution in [-0.2, 0) is 17.9 Å². The van der Waals surface area contributed by atoms with Crippen LogP contribution in [0.2, 0.25) is 0 Å². The Kier molecular flexibility index (Phi) is 4.32. The van der Waals surface area contributed by atoms with Gasteiger partial charge >= 0.3 is 0 Å². The third kappa shape index (κ3) is 3.01. The Balaban J connectivity index is 1.36. The number of imidazole rings is 1. The van der Waals surface area contributed by atoms with E-state index in [1.807, 2.05) is 12.4 Å². The molecule has 27 heavy (non-hydrogen) atoms. The van der Waals surface area contributed by atoms with Gasteiger partial charge in [0, 0.05) is 30.9 Å². The van der Waals surface area contributed by atoms with E-state index >= 15 is 0 Å². The smallest absolute Gasteiger partial charge is 0.226 e. The number of hydrogen-bond acceptors (Lipinski definition) is 4. The number of carbonyl (C=O) groups is 1. The molecule has 2 spiro atoms. The zero-order chi connectivity index (χ0) is 18.5. The maximum absolute atomic E-state index is 13.7. The van der Waals surface area contributed by atoms with Crippen molar-refractivity contribution < 1.29 is 4.79 Å². The zero-order valence-electron chi connectivity index (χ0n) is 16.5. The number of piperidine rings is 2. The zero-order valence-corrected chi connectivity index (χ0v) is 16.5. The number of hydrogen-bond donors (Lipinski definition) is 2. The van der Waals surface area contributed by atoms with Gasteiger partial charge in [-0.05, 0) is 82.5 Å². The molecule has 6 nitrogen and oxygen atoms in total. The molecule has 148 valence electrons.